The largest absolute Gasteiger partial charge is 0.493 e. The highest BCUT2D eigenvalue weighted by molar-refractivity contribution is 5.77. The molecule has 1 rings (SSSR count). The molecule has 0 spiro atoms. The number of hydrogen-bond acceptors (Lipinski definition) is 6. The molecule has 0 amide bonds. The van der Waals surface area contributed by atoms with Gasteiger partial charge in [-0.25, -0.2) is 9.18 Å². The van der Waals surface area contributed by atoms with Gasteiger partial charge in [-0.05, 0) is 6.92 Å². The van der Waals surface area contributed by atoms with Crippen LogP contribution in [0.5, 0.6) is 5.75 Å². The summed E-state index contributed by atoms with van der Waals surface area (Å²) in [6, 6.07) is 1.50. The van der Waals surface area contributed by atoms with Gasteiger partial charge in [-0.1, -0.05) is 0 Å². The molecule has 0 heterocycles. The lowest BCUT2D eigenvalue weighted by Gasteiger charge is -2.14. The number of benzene rings is 1. The van der Waals surface area contributed by atoms with E-state index in [0.717, 1.165) is 13.2 Å². The van der Waals surface area contributed by atoms with E-state index in [4.69, 9.17) is 4.74 Å². The molecule has 104 valence electrons. The summed E-state index contributed by atoms with van der Waals surface area (Å²) in [5.41, 5.74) is -0.954. The van der Waals surface area contributed by atoms with Crippen LogP contribution in [-0.4, -0.2) is 29.7 Å². The minimum Gasteiger partial charge on any atom is -0.493 e. The van der Waals surface area contributed by atoms with E-state index in [2.05, 4.69) is 4.74 Å². The van der Waals surface area contributed by atoms with Gasteiger partial charge in [0.2, 0.25) is 0 Å². The molecule has 0 radical (unpaired) electrons. The summed E-state index contributed by atoms with van der Waals surface area (Å²) < 4.78 is 22.8. The molecule has 0 aliphatic rings. The van der Waals surface area contributed by atoms with Crippen LogP contribution >= 0.6 is 0 Å². The smallest absolute Gasteiger partial charge is 0.339 e. The summed E-state index contributed by atoms with van der Waals surface area (Å²) in [6.07, 6.45) is -1.86. The predicted molar refractivity (Wildman–Crippen MR) is 61.2 cm³/mol. The first-order valence-electron chi connectivity index (χ1n) is 5.28. The van der Waals surface area contributed by atoms with Crippen molar-refractivity contribution in [3.8, 4) is 5.75 Å². The number of hydrogen-bond donors (Lipinski definition) is 1. The van der Waals surface area contributed by atoms with Crippen molar-refractivity contribution in [2.45, 2.75) is 13.0 Å². The van der Waals surface area contributed by atoms with Crippen LogP contribution in [-0.2, 0) is 9.53 Å². The first-order chi connectivity index (χ1) is 8.92. The number of carbonyl (C=O) groups is 1. The zero-order chi connectivity index (χ0) is 14.6. The highest BCUT2D eigenvalue weighted by atomic mass is 19.1. The molecule has 7 nitrogen and oxygen atoms in total. The van der Waals surface area contributed by atoms with Gasteiger partial charge in [0.05, 0.1) is 24.7 Å². The quantitative estimate of drug-likeness (QED) is 0.493. The molecule has 1 aromatic carbocycles. The number of nitrogens with zero attached hydrogens (tertiary/aromatic N) is 1. The summed E-state index contributed by atoms with van der Waals surface area (Å²) in [5, 5.41) is 20.3. The fraction of sp³-hybridized carbons (Fsp3) is 0.364. The fourth-order valence-electron chi connectivity index (χ4n) is 1.47. The Morgan fingerprint density at radius 3 is 2.68 bits per heavy atom. The van der Waals surface area contributed by atoms with Gasteiger partial charge in [0.15, 0.2) is 17.7 Å². The zero-order valence-electron chi connectivity index (χ0n) is 10.3. The molecule has 1 aromatic rings. The van der Waals surface area contributed by atoms with Crippen LogP contribution in [0.15, 0.2) is 12.1 Å². The standard InChI is InChI=1S/C11H12FNO6/c1-3-19-11(15)9(14)7-4-6(13(16)17)5-8(12)10(7)18-2/h4-5,9,14H,3H2,1-2H3. The van der Waals surface area contributed by atoms with Crippen molar-refractivity contribution < 1.29 is 28.7 Å². The maximum absolute atomic E-state index is 13.6. The van der Waals surface area contributed by atoms with E-state index in [1.165, 1.54) is 6.92 Å². The Labute approximate surface area is 107 Å². The summed E-state index contributed by atoms with van der Waals surface area (Å²) in [7, 11) is 1.12. The Kier molecular flexibility index (Phi) is 4.76. The number of non-ortho nitro benzene ring substituents is 1. The van der Waals surface area contributed by atoms with Gasteiger partial charge in [0.1, 0.15) is 0 Å². The van der Waals surface area contributed by atoms with E-state index in [-0.39, 0.29) is 12.2 Å². The van der Waals surface area contributed by atoms with Crippen molar-refractivity contribution in [1.29, 1.82) is 0 Å². The van der Waals surface area contributed by atoms with E-state index in [0.29, 0.717) is 6.07 Å². The SMILES string of the molecule is CCOC(=O)C(O)c1cc([N+](=O)[O-])cc(F)c1OC. The molecule has 0 saturated carbocycles. The molecular formula is C11H12FNO6. The number of halogens is 1. The van der Waals surface area contributed by atoms with E-state index >= 15 is 0 Å². The van der Waals surface area contributed by atoms with E-state index in [1.807, 2.05) is 0 Å². The van der Waals surface area contributed by atoms with E-state index in [9.17, 15) is 24.4 Å². The molecular weight excluding hydrogens is 261 g/mol. The van der Waals surface area contributed by atoms with Crippen molar-refractivity contribution in [3.05, 3.63) is 33.6 Å². The molecule has 19 heavy (non-hydrogen) atoms. The number of ether oxygens (including phenoxy) is 2. The van der Waals surface area contributed by atoms with E-state index < -0.39 is 34.3 Å². The molecule has 8 heteroatoms. The lowest BCUT2D eigenvalue weighted by molar-refractivity contribution is -0.385. The average molecular weight is 273 g/mol. The number of rotatable bonds is 5. The second-order valence-electron chi connectivity index (χ2n) is 3.46. The number of aliphatic hydroxyl groups is 1. The highest BCUT2D eigenvalue weighted by Crippen LogP contribution is 2.32. The normalized spacial score (nSPS) is 11.8. The van der Waals surface area contributed by atoms with Crippen LogP contribution in [0.1, 0.15) is 18.6 Å². The lowest BCUT2D eigenvalue weighted by atomic mass is 10.1. The summed E-state index contributed by atoms with van der Waals surface area (Å²) in [6.45, 7) is 1.53. The Morgan fingerprint density at radius 1 is 1.58 bits per heavy atom. The first kappa shape index (κ1) is 14.8. The second kappa shape index (κ2) is 6.10. The second-order valence-corrected chi connectivity index (χ2v) is 3.46. The topological polar surface area (TPSA) is 98.9 Å². The van der Waals surface area contributed by atoms with Crippen molar-refractivity contribution in [2.75, 3.05) is 13.7 Å². The van der Waals surface area contributed by atoms with Crippen molar-refractivity contribution in [2.24, 2.45) is 0 Å². The van der Waals surface area contributed by atoms with Gasteiger partial charge in [-0.2, -0.15) is 0 Å². The molecule has 0 aliphatic carbocycles. The van der Waals surface area contributed by atoms with Crippen LogP contribution in [0, 0.1) is 15.9 Å². The van der Waals surface area contributed by atoms with Gasteiger partial charge < -0.3 is 14.6 Å². The van der Waals surface area contributed by atoms with Crippen LogP contribution in [0.2, 0.25) is 0 Å². The van der Waals surface area contributed by atoms with Gasteiger partial charge in [-0.15, -0.1) is 0 Å². The monoisotopic (exact) mass is 273 g/mol. The number of carbonyl (C=O) groups excluding carboxylic acids is 1. The number of methoxy groups -OCH3 is 1. The average Bonchev–Trinajstić information content (AvgIpc) is 2.36. The molecule has 0 aromatic heterocycles. The lowest BCUT2D eigenvalue weighted by Crippen LogP contribution is -2.17. The summed E-state index contributed by atoms with van der Waals surface area (Å²) >= 11 is 0. The van der Waals surface area contributed by atoms with Crippen molar-refractivity contribution >= 4 is 11.7 Å². The first-order valence-corrected chi connectivity index (χ1v) is 5.28. The fourth-order valence-corrected chi connectivity index (χ4v) is 1.47. The van der Waals surface area contributed by atoms with Crippen LogP contribution in [0.4, 0.5) is 10.1 Å². The minimum absolute atomic E-state index is 0.00954. The zero-order valence-corrected chi connectivity index (χ0v) is 10.3. The minimum atomic E-state index is -1.86. The number of nitro groups is 1. The van der Waals surface area contributed by atoms with Gasteiger partial charge >= 0.3 is 5.97 Å². The maximum atomic E-state index is 13.6. The third-order valence-electron chi connectivity index (χ3n) is 2.28. The molecule has 1 N–H and O–H groups in total. The highest BCUT2D eigenvalue weighted by Gasteiger charge is 2.27. The molecule has 1 atom stereocenters. The Balaban J connectivity index is 3.30. The third kappa shape index (κ3) is 3.16. The predicted octanol–water partition coefficient (Wildman–Crippen LogP) is 1.34. The maximum Gasteiger partial charge on any atom is 0.339 e. The van der Waals surface area contributed by atoms with Crippen LogP contribution in [0.25, 0.3) is 0 Å². The number of aliphatic hydroxyl groups excluding tert-OH is 1. The van der Waals surface area contributed by atoms with Crippen molar-refractivity contribution in [1.82, 2.24) is 0 Å². The summed E-state index contributed by atoms with van der Waals surface area (Å²) in [4.78, 5) is 21.2. The molecule has 0 fully saturated rings. The van der Waals surface area contributed by atoms with E-state index in [1.54, 1.807) is 0 Å². The Morgan fingerprint density at radius 2 is 2.21 bits per heavy atom. The molecule has 1 unspecified atom stereocenters. The van der Waals surface area contributed by atoms with Gasteiger partial charge in [0.25, 0.3) is 5.69 Å². The number of nitro benzene ring substituents is 1. The van der Waals surface area contributed by atoms with Crippen molar-refractivity contribution in [3.63, 3.8) is 0 Å². The summed E-state index contributed by atoms with van der Waals surface area (Å²) in [5.74, 6) is -2.53. The number of esters is 1. The Bertz CT molecular complexity index is 504. The van der Waals surface area contributed by atoms with Crippen LogP contribution in [0.3, 0.4) is 0 Å². The third-order valence-corrected chi connectivity index (χ3v) is 2.28. The molecule has 0 bridgehead atoms. The molecule has 0 saturated heterocycles. The van der Waals surface area contributed by atoms with Gasteiger partial charge in [-0.3, -0.25) is 10.1 Å². The Hall–Kier alpha value is -2.22. The molecule has 0 aliphatic heterocycles. The van der Waals surface area contributed by atoms with Crippen LogP contribution < -0.4 is 4.74 Å². The van der Waals surface area contributed by atoms with Gasteiger partial charge in [0, 0.05) is 11.6 Å².